The van der Waals surface area contributed by atoms with Crippen LogP contribution < -0.4 is 24.8 Å². The molecule has 0 amide bonds. The van der Waals surface area contributed by atoms with Crippen LogP contribution in [0.4, 0.5) is 0 Å². The van der Waals surface area contributed by atoms with Gasteiger partial charge in [-0.25, -0.2) is 0 Å². The smallest absolute Gasteiger partial charge is 0.0809 e. The molecule has 170 valence electrons. The first-order valence-electron chi connectivity index (χ1n) is 11.0. The van der Waals surface area contributed by atoms with Crippen LogP contribution in [0.25, 0.3) is 16.8 Å². The second kappa shape index (κ2) is 17.2. The van der Waals surface area contributed by atoms with Crippen LogP contribution in [0.1, 0.15) is 42.4 Å². The SMILES string of the molecule is C[CH-]CCC1C=Cc2ccccc21.[Cl-].[Cl-].[Zr+2]=[SiH]Cc1ccccc1.c1ccc2[cH-]ccc2c1. The van der Waals surface area contributed by atoms with Crippen molar-refractivity contribution in [2.24, 2.45) is 0 Å². The Hall–Kier alpha value is -1.31. The van der Waals surface area contributed by atoms with Crippen molar-refractivity contribution in [3.63, 3.8) is 0 Å². The van der Waals surface area contributed by atoms with Crippen molar-refractivity contribution in [2.45, 2.75) is 31.7 Å². The van der Waals surface area contributed by atoms with Crippen LogP contribution in [-0.4, -0.2) is 6.16 Å². The summed E-state index contributed by atoms with van der Waals surface area (Å²) >= 11 is 1.72. The zero-order chi connectivity index (χ0) is 21.7. The van der Waals surface area contributed by atoms with Gasteiger partial charge in [0.2, 0.25) is 0 Å². The number of unbranched alkanes of at least 4 members (excludes halogenated alkanes) is 1. The van der Waals surface area contributed by atoms with Gasteiger partial charge >= 0.3 is 71.4 Å². The molecule has 5 rings (SSSR count). The van der Waals surface area contributed by atoms with Crippen LogP contribution in [0, 0.1) is 6.42 Å². The summed E-state index contributed by atoms with van der Waals surface area (Å²) < 4.78 is 0. The van der Waals surface area contributed by atoms with Gasteiger partial charge in [0.1, 0.15) is 0 Å². The summed E-state index contributed by atoms with van der Waals surface area (Å²) in [7, 11) is 0. The van der Waals surface area contributed by atoms with Crippen LogP contribution in [0.3, 0.4) is 0 Å². The van der Waals surface area contributed by atoms with Crippen molar-refractivity contribution in [1.29, 1.82) is 0 Å². The maximum absolute atomic E-state index is 2.33. The van der Waals surface area contributed by atoms with Gasteiger partial charge in [-0.2, -0.15) is 30.9 Å². The summed E-state index contributed by atoms with van der Waals surface area (Å²) in [6.45, 7) is 2.13. The van der Waals surface area contributed by atoms with E-state index in [2.05, 4.69) is 123 Å². The van der Waals surface area contributed by atoms with E-state index in [0.717, 1.165) is 0 Å². The standard InChI is InChI=1S/C13H15.C9H7.C7H8Si.2ClH.Zr/c1-2-3-6-11-9-10-12-7-4-5-8-13(11)12;1-2-5-9-7-3-6-8(9)4-1;8-6-7-4-2-1-3-5-7;;;/h2,4-5,7-11H,3,6H2,1H3;1-7H;1-5,8H,6H2;2*1H;/q2*-1;;;;+2/p-2. The summed E-state index contributed by atoms with van der Waals surface area (Å²) in [5.41, 5.74) is 4.41. The van der Waals surface area contributed by atoms with Gasteiger partial charge in [-0.1, -0.05) is 48.9 Å². The van der Waals surface area contributed by atoms with Crippen molar-refractivity contribution < 1.29 is 48.1 Å². The van der Waals surface area contributed by atoms with E-state index < -0.39 is 0 Å². The molecule has 1 aliphatic carbocycles. The Bertz CT molecular complexity index is 1060. The van der Waals surface area contributed by atoms with Gasteiger partial charge in [0.25, 0.3) is 0 Å². The van der Waals surface area contributed by atoms with E-state index in [1.54, 1.807) is 23.3 Å². The summed E-state index contributed by atoms with van der Waals surface area (Å²) in [6.07, 6.45) is 10.00. The van der Waals surface area contributed by atoms with Gasteiger partial charge in [0, 0.05) is 5.92 Å². The zero-order valence-corrected chi connectivity index (χ0v) is 24.1. The fraction of sp³-hybridized carbons (Fsp3) is 0.172. The summed E-state index contributed by atoms with van der Waals surface area (Å²) in [6, 6.07) is 35.4. The van der Waals surface area contributed by atoms with Crippen LogP contribution in [0.5, 0.6) is 0 Å². The molecule has 1 aliphatic rings. The number of benzene rings is 3. The van der Waals surface area contributed by atoms with E-state index >= 15 is 0 Å². The average Bonchev–Trinajstić information content (AvgIpc) is 3.47. The summed E-state index contributed by atoms with van der Waals surface area (Å²) in [4.78, 5) is 0. The molecule has 4 aromatic carbocycles. The van der Waals surface area contributed by atoms with E-state index in [1.807, 2.05) is 0 Å². The van der Waals surface area contributed by atoms with Gasteiger partial charge < -0.3 is 31.2 Å². The minimum atomic E-state index is 0. The number of fused-ring (bicyclic) bond motifs is 2. The first kappa shape index (κ1) is 29.7. The minimum Gasteiger partial charge on any atom is -0.168 e. The molecule has 0 aliphatic heterocycles. The van der Waals surface area contributed by atoms with E-state index in [9.17, 15) is 0 Å². The number of rotatable bonds is 5. The Morgan fingerprint density at radius 1 is 0.879 bits per heavy atom. The van der Waals surface area contributed by atoms with E-state index in [1.165, 1.54) is 46.3 Å². The number of hydrogen-bond acceptors (Lipinski definition) is 0. The van der Waals surface area contributed by atoms with Gasteiger partial charge in [0.05, 0.1) is 0 Å². The van der Waals surface area contributed by atoms with Crippen LogP contribution in [0.2, 0.25) is 0 Å². The number of halogens is 2. The third kappa shape index (κ3) is 9.83. The molecule has 1 unspecified atom stereocenters. The molecule has 0 aromatic heterocycles. The molecule has 0 nitrogen and oxygen atoms in total. The van der Waals surface area contributed by atoms with Crippen LogP contribution >= 0.6 is 0 Å². The maximum Gasteiger partial charge on any atom is -0.0809 e. The molecular formula is C29H30Cl2SiZr-2. The molecule has 0 bridgehead atoms. The Kier molecular flexibility index (Phi) is 15.5. The molecule has 0 saturated carbocycles. The molecule has 0 radical (unpaired) electrons. The zero-order valence-electron chi connectivity index (χ0n) is 19.0. The maximum atomic E-state index is 2.33. The van der Waals surface area contributed by atoms with Crippen molar-refractivity contribution in [2.75, 3.05) is 0 Å². The summed E-state index contributed by atoms with van der Waals surface area (Å²) in [5, 5.41) is 2.66. The molecule has 0 saturated heterocycles. The number of hydrogen-bond donors (Lipinski definition) is 0. The number of allylic oxidation sites excluding steroid dienone is 1. The molecule has 0 fully saturated rings. The Labute approximate surface area is 227 Å². The second-order valence-electron chi connectivity index (χ2n) is 7.63. The fourth-order valence-electron chi connectivity index (χ4n) is 3.72. The monoisotopic (exact) mass is 566 g/mol. The molecule has 0 N–H and O–H groups in total. The first-order valence-corrected chi connectivity index (χ1v) is 16.6. The first-order chi connectivity index (χ1) is 15.3. The predicted molar refractivity (Wildman–Crippen MR) is 134 cm³/mol. The molecule has 0 heterocycles. The normalized spacial score (nSPS) is 12.8. The van der Waals surface area contributed by atoms with Gasteiger partial charge in [-0.05, 0) is 11.1 Å². The van der Waals surface area contributed by atoms with E-state index in [0.29, 0.717) is 12.1 Å². The van der Waals surface area contributed by atoms with Crippen molar-refractivity contribution in [3.05, 3.63) is 126 Å². The van der Waals surface area contributed by atoms with Crippen molar-refractivity contribution in [1.82, 2.24) is 0 Å². The largest absolute Gasteiger partial charge is 0.168 e. The van der Waals surface area contributed by atoms with E-state index in [-0.39, 0.29) is 24.8 Å². The van der Waals surface area contributed by atoms with E-state index in [4.69, 9.17) is 0 Å². The molecule has 0 spiro atoms. The average molecular weight is 569 g/mol. The van der Waals surface area contributed by atoms with Gasteiger partial charge in [-0.3, -0.25) is 0 Å². The van der Waals surface area contributed by atoms with Crippen LogP contribution in [0.15, 0.2) is 103 Å². The van der Waals surface area contributed by atoms with Gasteiger partial charge in [0.15, 0.2) is 0 Å². The molecule has 4 heteroatoms. The summed E-state index contributed by atoms with van der Waals surface area (Å²) in [5.74, 6) is 0.660. The Balaban J connectivity index is 0.000000246. The quantitative estimate of drug-likeness (QED) is 0.253. The topological polar surface area (TPSA) is 0 Å². The predicted octanol–water partition coefficient (Wildman–Crippen LogP) is 1.45. The molecular weight excluding hydrogens is 539 g/mol. The third-order valence-electron chi connectivity index (χ3n) is 5.40. The molecule has 4 aromatic rings. The fourth-order valence-corrected chi connectivity index (χ4v) is 5.97. The molecule has 33 heavy (non-hydrogen) atoms. The van der Waals surface area contributed by atoms with Gasteiger partial charge in [-0.15, -0.1) is 29.7 Å². The van der Waals surface area contributed by atoms with Crippen molar-refractivity contribution >= 4 is 23.0 Å². The van der Waals surface area contributed by atoms with Crippen LogP contribution in [-0.2, 0) is 29.4 Å². The Morgan fingerprint density at radius 3 is 2.30 bits per heavy atom. The van der Waals surface area contributed by atoms with Crippen molar-refractivity contribution in [3.8, 4) is 0 Å². The second-order valence-corrected chi connectivity index (χ2v) is 11.5. The molecule has 1 atom stereocenters. The Morgan fingerprint density at radius 2 is 1.58 bits per heavy atom. The third-order valence-corrected chi connectivity index (χ3v) is 7.58. The minimum absolute atomic E-state index is 0.